The van der Waals surface area contributed by atoms with Gasteiger partial charge in [-0.25, -0.2) is 0 Å². The molecule has 0 atom stereocenters. The van der Waals surface area contributed by atoms with Gasteiger partial charge in [0.05, 0.1) is 0 Å². The van der Waals surface area contributed by atoms with E-state index < -0.39 is 5.24 Å². The van der Waals surface area contributed by atoms with Crippen LogP contribution in [0.3, 0.4) is 0 Å². The van der Waals surface area contributed by atoms with Crippen molar-refractivity contribution in [3.05, 3.63) is 42.0 Å². The number of allylic oxidation sites excluding steroid dienone is 1. The van der Waals surface area contributed by atoms with Crippen molar-refractivity contribution in [3.8, 4) is 0 Å². The fraction of sp³-hybridized carbons (Fsp3) is 0.182. The van der Waals surface area contributed by atoms with Crippen LogP contribution in [0.1, 0.15) is 5.56 Å². The highest BCUT2D eigenvalue weighted by atomic mass is 35.5. The normalized spacial score (nSPS) is 13.2. The molecule has 2 rings (SSSR count). The molecule has 1 N–H and O–H groups in total. The first kappa shape index (κ1) is 11.0. The number of halogens is 1. The molecule has 3 heteroatoms. The molecule has 74 valence electrons. The zero-order valence-corrected chi connectivity index (χ0v) is 8.50. The lowest BCUT2D eigenvalue weighted by Gasteiger charge is -1.87. The summed E-state index contributed by atoms with van der Waals surface area (Å²) in [6.07, 6.45) is 3.01. The predicted octanol–water partition coefficient (Wildman–Crippen LogP) is 2.05. The summed E-state index contributed by atoms with van der Waals surface area (Å²) < 4.78 is 0. The monoisotopic (exact) mass is 209 g/mol. The van der Waals surface area contributed by atoms with Crippen molar-refractivity contribution in [2.24, 2.45) is 0 Å². The van der Waals surface area contributed by atoms with Gasteiger partial charge in [0, 0.05) is 13.1 Å². The highest BCUT2D eigenvalue weighted by Crippen LogP contribution is 2.01. The summed E-state index contributed by atoms with van der Waals surface area (Å²) in [6.45, 7) is 2.50. The van der Waals surface area contributed by atoms with Crippen molar-refractivity contribution < 1.29 is 4.79 Å². The van der Waals surface area contributed by atoms with Crippen LogP contribution in [-0.2, 0) is 4.79 Å². The van der Waals surface area contributed by atoms with Gasteiger partial charge < -0.3 is 5.32 Å². The minimum Gasteiger partial charge on any atom is -0.314 e. The number of carbonyl (C=O) groups is 1. The summed E-state index contributed by atoms with van der Waals surface area (Å²) in [5.74, 6) is 0. The molecule has 0 spiro atoms. The van der Waals surface area contributed by atoms with Crippen LogP contribution in [0.5, 0.6) is 0 Å². The standard InChI is InChI=1S/C9H7ClO.C2H5N/c10-9(11)7-6-8-4-2-1-3-5-8;1-2-3-1/h1-7H;3H,1-2H2. The number of benzene rings is 1. The third-order valence-electron chi connectivity index (χ3n) is 1.46. The number of hydrogen-bond donors (Lipinski definition) is 1. The minimum absolute atomic E-state index is 0.450. The smallest absolute Gasteiger partial charge is 0.245 e. The van der Waals surface area contributed by atoms with E-state index in [0.29, 0.717) is 0 Å². The van der Waals surface area contributed by atoms with E-state index in [9.17, 15) is 4.79 Å². The molecule has 0 aromatic heterocycles. The largest absolute Gasteiger partial charge is 0.314 e. The summed E-state index contributed by atoms with van der Waals surface area (Å²) in [5.41, 5.74) is 0.974. The molecule has 0 unspecified atom stereocenters. The highest BCUT2D eigenvalue weighted by Gasteiger charge is 1.91. The van der Waals surface area contributed by atoms with Gasteiger partial charge in [-0.1, -0.05) is 36.4 Å². The lowest BCUT2D eigenvalue weighted by Crippen LogP contribution is -1.75. The van der Waals surface area contributed by atoms with Crippen molar-refractivity contribution in [3.63, 3.8) is 0 Å². The van der Waals surface area contributed by atoms with Gasteiger partial charge in [0.15, 0.2) is 0 Å². The van der Waals surface area contributed by atoms with Crippen molar-refractivity contribution in [2.45, 2.75) is 0 Å². The zero-order valence-electron chi connectivity index (χ0n) is 7.74. The predicted molar refractivity (Wildman–Crippen MR) is 59.2 cm³/mol. The van der Waals surface area contributed by atoms with Crippen LogP contribution in [0, 0.1) is 0 Å². The SMILES string of the molecule is C1CN1.O=C(Cl)C=Cc1ccccc1. The Balaban J connectivity index is 0.000000276. The molecule has 2 nitrogen and oxygen atoms in total. The zero-order chi connectivity index (χ0) is 10.2. The average Bonchev–Trinajstić information content (AvgIpc) is 3.03. The Morgan fingerprint density at radius 1 is 1.29 bits per heavy atom. The average molecular weight is 210 g/mol. The molecule has 0 radical (unpaired) electrons. The molecule has 0 amide bonds. The third kappa shape index (κ3) is 6.40. The van der Waals surface area contributed by atoms with Crippen LogP contribution >= 0.6 is 11.6 Å². The Kier molecular flexibility index (Phi) is 4.97. The van der Waals surface area contributed by atoms with Gasteiger partial charge in [-0.05, 0) is 23.2 Å². The third-order valence-corrected chi connectivity index (χ3v) is 1.58. The number of rotatable bonds is 2. The second-order valence-corrected chi connectivity index (χ2v) is 3.17. The number of nitrogens with one attached hydrogen (secondary N) is 1. The van der Waals surface area contributed by atoms with Crippen molar-refractivity contribution >= 4 is 22.9 Å². The van der Waals surface area contributed by atoms with Crippen molar-refractivity contribution in [2.75, 3.05) is 13.1 Å². The summed E-state index contributed by atoms with van der Waals surface area (Å²) in [4.78, 5) is 10.3. The summed E-state index contributed by atoms with van der Waals surface area (Å²) in [6, 6.07) is 9.52. The van der Waals surface area contributed by atoms with Gasteiger partial charge in [0.2, 0.25) is 5.24 Å². The second kappa shape index (κ2) is 6.35. The van der Waals surface area contributed by atoms with Gasteiger partial charge in [-0.3, -0.25) is 4.79 Å². The topological polar surface area (TPSA) is 39.0 Å². The van der Waals surface area contributed by atoms with Gasteiger partial charge in [-0.2, -0.15) is 0 Å². The molecule has 0 bridgehead atoms. The van der Waals surface area contributed by atoms with E-state index in [1.165, 1.54) is 19.2 Å². The van der Waals surface area contributed by atoms with Crippen LogP contribution in [-0.4, -0.2) is 18.3 Å². The van der Waals surface area contributed by atoms with E-state index in [0.717, 1.165) is 5.56 Å². The molecule has 14 heavy (non-hydrogen) atoms. The quantitative estimate of drug-likeness (QED) is 0.460. The molecule has 1 heterocycles. The molecule has 1 aliphatic heterocycles. The van der Waals surface area contributed by atoms with E-state index >= 15 is 0 Å². The Bertz CT molecular complexity index is 304. The summed E-state index contributed by atoms with van der Waals surface area (Å²) >= 11 is 5.10. The first-order chi connectivity index (χ1) is 6.79. The number of hydrogen-bond acceptors (Lipinski definition) is 2. The Morgan fingerprint density at radius 3 is 2.29 bits per heavy atom. The maximum absolute atomic E-state index is 10.3. The lowest BCUT2D eigenvalue weighted by molar-refractivity contribution is -0.107. The van der Waals surface area contributed by atoms with E-state index in [-0.39, 0.29) is 0 Å². The minimum atomic E-state index is -0.450. The van der Waals surface area contributed by atoms with Gasteiger partial charge in [0.1, 0.15) is 0 Å². The summed E-state index contributed by atoms with van der Waals surface area (Å²) in [7, 11) is 0. The highest BCUT2D eigenvalue weighted by molar-refractivity contribution is 6.66. The first-order valence-electron chi connectivity index (χ1n) is 4.42. The van der Waals surface area contributed by atoms with Crippen molar-refractivity contribution in [1.29, 1.82) is 0 Å². The van der Waals surface area contributed by atoms with E-state index in [1.54, 1.807) is 6.08 Å². The molecule has 1 aliphatic rings. The molecule has 1 fully saturated rings. The van der Waals surface area contributed by atoms with E-state index in [4.69, 9.17) is 11.6 Å². The molecule has 0 aliphatic carbocycles. The molecule has 1 aromatic carbocycles. The lowest BCUT2D eigenvalue weighted by atomic mass is 10.2. The fourth-order valence-electron chi connectivity index (χ4n) is 0.726. The van der Waals surface area contributed by atoms with E-state index in [1.807, 2.05) is 30.3 Å². The summed E-state index contributed by atoms with van der Waals surface area (Å²) in [5, 5.41) is 2.55. The Morgan fingerprint density at radius 2 is 1.86 bits per heavy atom. The van der Waals surface area contributed by atoms with E-state index in [2.05, 4.69) is 5.32 Å². The second-order valence-electron chi connectivity index (χ2n) is 2.80. The molecule has 0 saturated carbocycles. The van der Waals surface area contributed by atoms with Crippen LogP contribution in [0.2, 0.25) is 0 Å². The van der Waals surface area contributed by atoms with Gasteiger partial charge in [-0.15, -0.1) is 0 Å². The molecule has 1 aromatic rings. The fourth-order valence-corrected chi connectivity index (χ4v) is 0.789. The van der Waals surface area contributed by atoms with Gasteiger partial charge in [0.25, 0.3) is 0 Å². The molecular formula is C11H12ClNO. The maximum Gasteiger partial charge on any atom is 0.245 e. The van der Waals surface area contributed by atoms with Crippen LogP contribution in [0.4, 0.5) is 0 Å². The number of carbonyl (C=O) groups excluding carboxylic acids is 1. The maximum atomic E-state index is 10.3. The molecule has 1 saturated heterocycles. The first-order valence-corrected chi connectivity index (χ1v) is 4.80. The van der Waals surface area contributed by atoms with Crippen LogP contribution < -0.4 is 5.32 Å². The Labute approximate surface area is 88.6 Å². The van der Waals surface area contributed by atoms with Crippen LogP contribution in [0.15, 0.2) is 36.4 Å². The van der Waals surface area contributed by atoms with Crippen molar-refractivity contribution in [1.82, 2.24) is 5.32 Å². The molecular weight excluding hydrogens is 198 g/mol. The van der Waals surface area contributed by atoms with Gasteiger partial charge >= 0.3 is 0 Å². The van der Waals surface area contributed by atoms with Crippen LogP contribution in [0.25, 0.3) is 6.08 Å². The Hall–Kier alpha value is -1.12.